The number of hydrogen-bond acceptors (Lipinski definition) is 14. The van der Waals surface area contributed by atoms with E-state index >= 15 is 0 Å². The monoisotopic (exact) mass is 562 g/mol. The Hall–Kier alpha value is -2.26. The second-order valence-corrected chi connectivity index (χ2v) is 12.6. The molecule has 0 aromatic carbocycles. The van der Waals surface area contributed by atoms with Gasteiger partial charge in [-0.3, -0.25) is 38.1 Å². The van der Waals surface area contributed by atoms with Crippen molar-refractivity contribution in [3.63, 3.8) is 0 Å². The van der Waals surface area contributed by atoms with Gasteiger partial charge in [0.25, 0.3) is 20.2 Å². The van der Waals surface area contributed by atoms with E-state index in [0.29, 0.717) is 0 Å². The summed E-state index contributed by atoms with van der Waals surface area (Å²) in [6, 6.07) is 0. The normalized spacial score (nSPS) is 21.0. The Morgan fingerprint density at radius 3 is 1.12 bits per heavy atom. The molecule has 34 heavy (non-hydrogen) atoms. The molecule has 2 atom stereocenters. The molecule has 0 bridgehead atoms. The second-order valence-electron chi connectivity index (χ2n) is 6.86. The van der Waals surface area contributed by atoms with Crippen molar-refractivity contribution < 1.29 is 64.9 Å². The molecular formula is C14H14N2O14S4-2. The number of carbonyl (C=O) groups excluding carboxylic acids is 6. The fourth-order valence-corrected chi connectivity index (χ4v) is 9.01. The zero-order valence-electron chi connectivity index (χ0n) is 16.6. The van der Waals surface area contributed by atoms with Crippen LogP contribution in [0.3, 0.4) is 0 Å². The van der Waals surface area contributed by atoms with E-state index in [4.69, 9.17) is 0 Å². The van der Waals surface area contributed by atoms with Gasteiger partial charge in [0.2, 0.25) is 33.4 Å². The molecule has 16 nitrogen and oxygen atoms in total. The van der Waals surface area contributed by atoms with Crippen LogP contribution < -0.4 is 10.2 Å². The fourth-order valence-electron chi connectivity index (χ4n) is 3.22. The number of carboxylic acids is 2. The average Bonchev–Trinajstić information content (AvgIpc) is 3.18. The first-order valence-corrected chi connectivity index (χ1v) is 14.1. The number of amides is 4. The molecule has 2 saturated heterocycles. The van der Waals surface area contributed by atoms with Crippen LogP contribution in [0, 0.1) is 0 Å². The zero-order valence-corrected chi connectivity index (χ0v) is 19.8. The number of aliphatic carboxylic acids is 2. The van der Waals surface area contributed by atoms with E-state index in [-0.39, 0.29) is 31.4 Å². The van der Waals surface area contributed by atoms with Crippen molar-refractivity contribution in [3.05, 3.63) is 0 Å². The van der Waals surface area contributed by atoms with Crippen LogP contribution in [0.5, 0.6) is 0 Å². The summed E-state index contributed by atoms with van der Waals surface area (Å²) in [5.41, 5.74) is 0. The standard InChI is InChI=1S/C14H16N2O14S4/c17-7-1-2-8(18)15(7)13(11(21)22,33(25,26)27)5-31-32-6-14(12(23)24,34(28,29)30)16-9(19)3-4-10(16)20/h1-6H2,(H,21,22)(H,23,24)(H,25,26,27)(H,28,29,30)/p-2. The van der Waals surface area contributed by atoms with E-state index in [1.54, 1.807) is 0 Å². The van der Waals surface area contributed by atoms with Gasteiger partial charge in [-0.25, -0.2) is 0 Å². The number of rotatable bonds is 11. The summed E-state index contributed by atoms with van der Waals surface area (Å²) < 4.78 is 66.9. The minimum Gasteiger partial charge on any atom is -0.546 e. The molecule has 2 fully saturated rings. The molecule has 190 valence electrons. The van der Waals surface area contributed by atoms with Crippen LogP contribution in [-0.4, -0.2) is 92.6 Å². The predicted octanol–water partition coefficient (Wildman–Crippen LogP) is -4.67. The van der Waals surface area contributed by atoms with Gasteiger partial charge in [-0.2, -0.15) is 16.8 Å². The third-order valence-electron chi connectivity index (χ3n) is 4.91. The lowest BCUT2D eigenvalue weighted by molar-refractivity contribution is -0.313. The molecule has 2 unspecified atom stereocenters. The molecule has 0 aromatic heterocycles. The Bertz CT molecular complexity index is 1060. The molecule has 0 radical (unpaired) electrons. The van der Waals surface area contributed by atoms with Gasteiger partial charge in [-0.05, 0) is 0 Å². The minimum absolute atomic E-state index is 0.0226. The molecule has 20 heteroatoms. The maximum Gasteiger partial charge on any atom is 0.296 e. The topological polar surface area (TPSA) is 264 Å². The highest BCUT2D eigenvalue weighted by Gasteiger charge is 2.59. The molecule has 2 rings (SSSR count). The maximum absolute atomic E-state index is 12.0. The SMILES string of the molecule is O=C1CCC(=O)N1C(CSSCC(C(=O)[O-])(N1C(=O)CCC1=O)S(=O)(=O)O)(C(=O)[O-])S(=O)(=O)O. The lowest BCUT2D eigenvalue weighted by Gasteiger charge is -2.39. The quantitative estimate of drug-likeness (QED) is 0.104. The largest absolute Gasteiger partial charge is 0.546 e. The molecular weight excluding hydrogens is 548 g/mol. The smallest absolute Gasteiger partial charge is 0.296 e. The Labute approximate surface area is 198 Å². The summed E-state index contributed by atoms with van der Waals surface area (Å²) in [5.74, 6) is -13.1. The molecule has 2 heterocycles. The van der Waals surface area contributed by atoms with Crippen LogP contribution in [-0.2, 0) is 49.0 Å². The van der Waals surface area contributed by atoms with Gasteiger partial charge in [0.05, 0.1) is 23.4 Å². The lowest BCUT2D eigenvalue weighted by atomic mass is 10.3. The first kappa shape index (κ1) is 28.0. The van der Waals surface area contributed by atoms with Crippen LogP contribution in [0.4, 0.5) is 0 Å². The van der Waals surface area contributed by atoms with Crippen LogP contribution in [0.1, 0.15) is 25.7 Å². The van der Waals surface area contributed by atoms with Crippen LogP contribution in [0.25, 0.3) is 0 Å². The van der Waals surface area contributed by atoms with Crippen molar-refractivity contribution in [1.29, 1.82) is 0 Å². The Morgan fingerprint density at radius 1 is 0.706 bits per heavy atom. The first-order valence-electron chi connectivity index (χ1n) is 8.78. The van der Waals surface area contributed by atoms with Gasteiger partial charge >= 0.3 is 0 Å². The van der Waals surface area contributed by atoms with Gasteiger partial charge in [-0.1, -0.05) is 21.6 Å². The van der Waals surface area contributed by atoms with E-state index in [1.807, 2.05) is 0 Å². The number of likely N-dealkylation sites (tertiary alicyclic amines) is 2. The molecule has 0 saturated carbocycles. The highest BCUT2D eigenvalue weighted by molar-refractivity contribution is 8.76. The predicted molar refractivity (Wildman–Crippen MR) is 106 cm³/mol. The highest BCUT2D eigenvalue weighted by atomic mass is 33.1. The van der Waals surface area contributed by atoms with E-state index < -0.39 is 103 Å². The van der Waals surface area contributed by atoms with E-state index in [9.17, 15) is 64.9 Å². The lowest BCUT2D eigenvalue weighted by Crippen LogP contribution is -2.68. The number of hydrogen-bond donors (Lipinski definition) is 2. The third-order valence-corrected chi connectivity index (χ3v) is 10.4. The highest BCUT2D eigenvalue weighted by Crippen LogP contribution is 2.39. The molecule has 0 aromatic rings. The van der Waals surface area contributed by atoms with E-state index in [0.717, 1.165) is 0 Å². The van der Waals surface area contributed by atoms with Crippen molar-refractivity contribution in [2.24, 2.45) is 0 Å². The van der Waals surface area contributed by atoms with Gasteiger partial charge in [0, 0.05) is 25.7 Å². The Morgan fingerprint density at radius 2 is 0.941 bits per heavy atom. The molecule has 0 aliphatic carbocycles. The van der Waals surface area contributed by atoms with Crippen molar-refractivity contribution >= 4 is 77.4 Å². The van der Waals surface area contributed by atoms with Crippen molar-refractivity contribution in [2.45, 2.75) is 35.4 Å². The summed E-state index contributed by atoms with van der Waals surface area (Å²) in [5, 5.41) is 23.5. The maximum atomic E-state index is 12.0. The summed E-state index contributed by atoms with van der Waals surface area (Å²) in [6.45, 7) is 0. The summed E-state index contributed by atoms with van der Waals surface area (Å²) in [6.07, 6.45) is -2.35. The van der Waals surface area contributed by atoms with Gasteiger partial charge in [0.1, 0.15) is 0 Å². The summed E-state index contributed by atoms with van der Waals surface area (Å²) in [7, 11) is -11.5. The Kier molecular flexibility index (Phi) is 7.75. The van der Waals surface area contributed by atoms with Gasteiger partial charge < -0.3 is 19.8 Å². The Balaban J connectivity index is 2.43. The average molecular weight is 563 g/mol. The van der Waals surface area contributed by atoms with E-state index in [2.05, 4.69) is 0 Å². The van der Waals surface area contributed by atoms with Gasteiger partial charge in [0.15, 0.2) is 0 Å². The van der Waals surface area contributed by atoms with Crippen molar-refractivity contribution in [1.82, 2.24) is 9.80 Å². The molecule has 2 aliphatic rings. The molecule has 4 amide bonds. The van der Waals surface area contributed by atoms with E-state index in [1.165, 1.54) is 0 Å². The van der Waals surface area contributed by atoms with Gasteiger partial charge in [-0.15, -0.1) is 0 Å². The third kappa shape index (κ3) is 4.40. The number of imide groups is 2. The minimum atomic E-state index is -5.80. The molecule has 2 N–H and O–H groups in total. The number of nitrogens with zero attached hydrogens (tertiary/aromatic N) is 2. The van der Waals surface area contributed by atoms with Crippen LogP contribution >= 0.6 is 21.6 Å². The fraction of sp³-hybridized carbons (Fsp3) is 0.571. The summed E-state index contributed by atoms with van der Waals surface area (Å²) >= 11 is 0. The number of carbonyl (C=O) groups is 6. The van der Waals surface area contributed by atoms with Crippen molar-refractivity contribution in [2.75, 3.05) is 11.5 Å². The first-order chi connectivity index (χ1) is 15.4. The second kappa shape index (κ2) is 9.41. The zero-order chi connectivity index (χ0) is 26.3. The van der Waals surface area contributed by atoms with Crippen LogP contribution in [0.2, 0.25) is 0 Å². The number of carboxylic acid groups (broad SMARTS) is 2. The molecule has 2 aliphatic heterocycles. The summed E-state index contributed by atoms with van der Waals surface area (Å²) in [4.78, 5) is 63.6. The van der Waals surface area contributed by atoms with Crippen LogP contribution in [0.15, 0.2) is 0 Å². The molecule has 0 spiro atoms. The van der Waals surface area contributed by atoms with Crippen molar-refractivity contribution in [3.8, 4) is 0 Å².